The van der Waals surface area contributed by atoms with Crippen molar-refractivity contribution < 1.29 is 9.53 Å². The van der Waals surface area contributed by atoms with Crippen molar-refractivity contribution in [3.05, 3.63) is 22.3 Å². The Morgan fingerprint density at radius 3 is 3.00 bits per heavy atom. The third-order valence-electron chi connectivity index (χ3n) is 2.87. The Morgan fingerprint density at radius 2 is 2.36 bits per heavy atom. The molecule has 0 radical (unpaired) electrons. The molecule has 0 spiro atoms. The van der Waals surface area contributed by atoms with E-state index in [-0.39, 0.29) is 6.61 Å². The second-order valence-electron chi connectivity index (χ2n) is 4.17. The number of nitriles is 1. The molecule has 2 rings (SSSR count). The summed E-state index contributed by atoms with van der Waals surface area (Å²) in [5.41, 5.74) is 6.77. The molecule has 0 saturated heterocycles. The number of aromatic nitrogens is 3. The molecule has 0 saturated carbocycles. The lowest BCUT2D eigenvalue weighted by molar-refractivity contribution is 0.0531. The van der Waals surface area contributed by atoms with Gasteiger partial charge in [0.1, 0.15) is 22.3 Å². The maximum atomic E-state index is 12.0. The van der Waals surface area contributed by atoms with Crippen molar-refractivity contribution in [2.24, 2.45) is 0 Å². The number of thiophene rings is 1. The van der Waals surface area contributed by atoms with Crippen LogP contribution in [0.4, 0.5) is 5.00 Å². The first kappa shape index (κ1) is 16.3. The molecule has 0 bridgehead atoms. The van der Waals surface area contributed by atoms with E-state index < -0.39 is 5.97 Å². The summed E-state index contributed by atoms with van der Waals surface area (Å²) in [7, 11) is 0. The minimum Gasteiger partial charge on any atom is -0.462 e. The third-order valence-corrected chi connectivity index (χ3v) is 4.92. The van der Waals surface area contributed by atoms with E-state index in [0.29, 0.717) is 26.8 Å². The number of anilines is 1. The van der Waals surface area contributed by atoms with Crippen molar-refractivity contribution in [1.82, 2.24) is 14.8 Å². The van der Waals surface area contributed by atoms with Crippen LogP contribution in [-0.2, 0) is 17.0 Å². The summed E-state index contributed by atoms with van der Waals surface area (Å²) in [5.74, 6) is -0.0445. The van der Waals surface area contributed by atoms with Crippen LogP contribution in [0.3, 0.4) is 0 Å². The molecule has 0 aromatic carbocycles. The van der Waals surface area contributed by atoms with Gasteiger partial charge in [0.05, 0.1) is 12.2 Å². The summed E-state index contributed by atoms with van der Waals surface area (Å²) in [5, 5.41) is 18.2. The van der Waals surface area contributed by atoms with E-state index in [1.807, 2.05) is 11.5 Å². The largest absolute Gasteiger partial charge is 0.462 e. The van der Waals surface area contributed by atoms with Gasteiger partial charge in [-0.1, -0.05) is 11.8 Å². The zero-order chi connectivity index (χ0) is 16.1. The van der Waals surface area contributed by atoms with Crippen LogP contribution in [0.1, 0.15) is 34.6 Å². The highest BCUT2D eigenvalue weighted by molar-refractivity contribution is 7.98. The Balaban J connectivity index is 2.29. The van der Waals surface area contributed by atoms with Gasteiger partial charge in [0.15, 0.2) is 5.16 Å². The van der Waals surface area contributed by atoms with Crippen LogP contribution in [0.15, 0.2) is 11.5 Å². The molecule has 0 aliphatic heterocycles. The standard InChI is InChI=1S/C13H15N5O2S2/c1-3-18-7-16-17-13(18)21-6-9-8(5-14)11(15)22-10(9)12(19)20-4-2/h7H,3-4,6,15H2,1-2H3. The molecular formula is C13H15N5O2S2. The van der Waals surface area contributed by atoms with Crippen molar-refractivity contribution >= 4 is 34.1 Å². The fourth-order valence-electron chi connectivity index (χ4n) is 1.82. The zero-order valence-corrected chi connectivity index (χ0v) is 13.8. The molecule has 2 aromatic heterocycles. The lowest BCUT2D eigenvalue weighted by Gasteiger charge is -2.05. The monoisotopic (exact) mass is 337 g/mol. The number of rotatable bonds is 6. The molecular weight excluding hydrogens is 322 g/mol. The fraction of sp³-hybridized carbons (Fsp3) is 0.385. The second-order valence-corrected chi connectivity index (χ2v) is 6.16. The Labute approximate surface area is 136 Å². The minimum absolute atomic E-state index is 0.273. The summed E-state index contributed by atoms with van der Waals surface area (Å²) >= 11 is 2.49. The highest BCUT2D eigenvalue weighted by Gasteiger charge is 2.23. The van der Waals surface area contributed by atoms with Gasteiger partial charge in [0.2, 0.25) is 0 Å². The van der Waals surface area contributed by atoms with E-state index in [9.17, 15) is 10.1 Å². The molecule has 0 fully saturated rings. The summed E-state index contributed by atoms with van der Waals surface area (Å²) in [4.78, 5) is 12.4. The Bertz CT molecular complexity index is 717. The van der Waals surface area contributed by atoms with Crippen molar-refractivity contribution in [2.75, 3.05) is 12.3 Å². The maximum Gasteiger partial charge on any atom is 0.348 e. The van der Waals surface area contributed by atoms with Gasteiger partial charge < -0.3 is 15.0 Å². The average molecular weight is 337 g/mol. The van der Waals surface area contributed by atoms with Gasteiger partial charge in [-0.25, -0.2) is 4.79 Å². The van der Waals surface area contributed by atoms with Gasteiger partial charge in [-0.3, -0.25) is 0 Å². The number of ether oxygens (including phenoxy) is 1. The number of esters is 1. The number of nitrogen functional groups attached to an aromatic ring is 1. The smallest absolute Gasteiger partial charge is 0.348 e. The normalized spacial score (nSPS) is 10.4. The van der Waals surface area contributed by atoms with Crippen LogP contribution in [-0.4, -0.2) is 27.3 Å². The van der Waals surface area contributed by atoms with Crippen molar-refractivity contribution in [1.29, 1.82) is 5.26 Å². The highest BCUT2D eigenvalue weighted by Crippen LogP contribution is 2.35. The first-order valence-corrected chi connectivity index (χ1v) is 8.41. The van der Waals surface area contributed by atoms with Crippen molar-refractivity contribution in [3.63, 3.8) is 0 Å². The quantitative estimate of drug-likeness (QED) is 0.636. The second kappa shape index (κ2) is 7.29. The maximum absolute atomic E-state index is 12.0. The Morgan fingerprint density at radius 1 is 1.59 bits per heavy atom. The number of carbonyl (C=O) groups is 1. The van der Waals surface area contributed by atoms with Gasteiger partial charge in [-0.2, -0.15) is 5.26 Å². The van der Waals surface area contributed by atoms with Gasteiger partial charge >= 0.3 is 5.97 Å². The van der Waals surface area contributed by atoms with Crippen LogP contribution in [0.5, 0.6) is 0 Å². The van der Waals surface area contributed by atoms with Crippen LogP contribution >= 0.6 is 23.1 Å². The van der Waals surface area contributed by atoms with E-state index in [4.69, 9.17) is 10.5 Å². The van der Waals surface area contributed by atoms with E-state index in [1.54, 1.807) is 13.3 Å². The summed E-state index contributed by atoms with van der Waals surface area (Å²) in [6.07, 6.45) is 1.64. The van der Waals surface area contributed by atoms with Gasteiger partial charge in [-0.15, -0.1) is 21.5 Å². The van der Waals surface area contributed by atoms with E-state index in [2.05, 4.69) is 16.3 Å². The highest BCUT2D eigenvalue weighted by atomic mass is 32.2. The number of nitrogens with two attached hydrogens (primary N) is 1. The molecule has 0 aliphatic rings. The van der Waals surface area contributed by atoms with E-state index >= 15 is 0 Å². The van der Waals surface area contributed by atoms with Gasteiger partial charge in [-0.05, 0) is 13.8 Å². The molecule has 0 atom stereocenters. The van der Waals surface area contributed by atoms with Crippen molar-refractivity contribution in [3.8, 4) is 6.07 Å². The average Bonchev–Trinajstić information content (AvgIpc) is 3.08. The zero-order valence-electron chi connectivity index (χ0n) is 12.2. The van der Waals surface area contributed by atoms with E-state index in [1.165, 1.54) is 11.8 Å². The first-order chi connectivity index (χ1) is 10.6. The van der Waals surface area contributed by atoms with Crippen LogP contribution in [0.25, 0.3) is 0 Å². The fourth-order valence-corrected chi connectivity index (χ4v) is 3.85. The number of thioether (sulfide) groups is 1. The topological polar surface area (TPSA) is 107 Å². The molecule has 2 heterocycles. The molecule has 9 heteroatoms. The number of hydrogen-bond acceptors (Lipinski definition) is 8. The van der Waals surface area contributed by atoms with Crippen LogP contribution in [0, 0.1) is 11.3 Å². The number of nitrogens with zero attached hydrogens (tertiary/aromatic N) is 4. The molecule has 0 unspecified atom stereocenters. The summed E-state index contributed by atoms with van der Waals surface area (Å²) < 4.78 is 6.91. The molecule has 22 heavy (non-hydrogen) atoms. The number of hydrogen-bond donors (Lipinski definition) is 1. The van der Waals surface area contributed by atoms with Crippen molar-refractivity contribution in [2.45, 2.75) is 31.3 Å². The number of carbonyl (C=O) groups excluding carboxylic acids is 1. The minimum atomic E-state index is -0.451. The summed E-state index contributed by atoms with van der Waals surface area (Å²) in [6.45, 7) is 4.74. The van der Waals surface area contributed by atoms with Gasteiger partial charge in [0, 0.05) is 17.9 Å². The molecule has 2 N–H and O–H groups in total. The summed E-state index contributed by atoms with van der Waals surface area (Å²) in [6, 6.07) is 2.06. The first-order valence-electron chi connectivity index (χ1n) is 6.61. The molecule has 0 amide bonds. The third kappa shape index (κ3) is 3.23. The SMILES string of the molecule is CCOC(=O)c1sc(N)c(C#N)c1CSc1nncn1CC. The van der Waals surface area contributed by atoms with Crippen LogP contribution in [0.2, 0.25) is 0 Å². The lowest BCUT2D eigenvalue weighted by atomic mass is 10.2. The van der Waals surface area contributed by atoms with Crippen LogP contribution < -0.4 is 5.73 Å². The molecule has 7 nitrogen and oxygen atoms in total. The van der Waals surface area contributed by atoms with E-state index in [0.717, 1.165) is 23.0 Å². The molecule has 116 valence electrons. The van der Waals surface area contributed by atoms with Gasteiger partial charge in [0.25, 0.3) is 0 Å². The predicted octanol–water partition coefficient (Wildman–Crippen LogP) is 2.28. The number of aryl methyl sites for hydroxylation is 1. The molecule has 0 aliphatic carbocycles. The Kier molecular flexibility index (Phi) is 5.41. The molecule has 2 aromatic rings. The Hall–Kier alpha value is -2.05. The predicted molar refractivity (Wildman–Crippen MR) is 84.7 cm³/mol. The lowest BCUT2D eigenvalue weighted by Crippen LogP contribution is -2.05.